The molecule has 0 unspecified atom stereocenters. The summed E-state index contributed by atoms with van der Waals surface area (Å²) in [7, 11) is 1.68. The summed E-state index contributed by atoms with van der Waals surface area (Å²) in [5.41, 5.74) is 2.43. The molecule has 1 saturated heterocycles. The van der Waals surface area contributed by atoms with Crippen molar-refractivity contribution in [1.82, 2.24) is 4.90 Å². The molecule has 1 fully saturated rings. The van der Waals surface area contributed by atoms with Crippen LogP contribution < -0.4 is 0 Å². The van der Waals surface area contributed by atoms with Crippen molar-refractivity contribution in [2.24, 2.45) is 11.8 Å². The highest BCUT2D eigenvalue weighted by Gasteiger charge is 2.44. The van der Waals surface area contributed by atoms with E-state index in [4.69, 9.17) is 4.74 Å². The van der Waals surface area contributed by atoms with E-state index in [0.29, 0.717) is 37.4 Å². The molecule has 164 valence electrons. The fourth-order valence-electron chi connectivity index (χ4n) is 4.81. The number of methoxy groups -OCH3 is 1. The first-order valence-corrected chi connectivity index (χ1v) is 11.1. The number of Topliss-reactive ketones (excluding diaryl/α,β-unsaturated/α-hetero) is 2. The Kier molecular flexibility index (Phi) is 7.25. The van der Waals surface area contributed by atoms with Crippen LogP contribution in [0.5, 0.6) is 0 Å². The minimum absolute atomic E-state index is 0.0902. The number of rotatable bonds is 8. The first-order valence-electron chi connectivity index (χ1n) is 11.1. The predicted molar refractivity (Wildman–Crippen MR) is 126 cm³/mol. The topological polar surface area (TPSA) is 46.6 Å². The monoisotopic (exact) mass is 427 g/mol. The van der Waals surface area contributed by atoms with Gasteiger partial charge in [0.1, 0.15) is 0 Å². The zero-order valence-electron chi connectivity index (χ0n) is 18.4. The van der Waals surface area contributed by atoms with Crippen molar-refractivity contribution in [1.29, 1.82) is 0 Å². The molecule has 0 radical (unpaired) electrons. The number of carbonyl (C=O) groups excluding carboxylic acids is 2. The lowest BCUT2D eigenvalue weighted by atomic mass is 9.68. The van der Waals surface area contributed by atoms with Crippen molar-refractivity contribution >= 4 is 11.6 Å². The molecule has 0 aliphatic carbocycles. The maximum absolute atomic E-state index is 13.7. The first kappa shape index (κ1) is 22.1. The van der Waals surface area contributed by atoms with Crippen LogP contribution in [0, 0.1) is 11.8 Å². The Balaban J connectivity index is 1.77. The Morgan fingerprint density at radius 1 is 0.750 bits per heavy atom. The first-order chi connectivity index (χ1) is 15.7. The summed E-state index contributed by atoms with van der Waals surface area (Å²) < 4.78 is 5.31. The SMILES string of the molecule is COCCN1C[C@H](C(=O)c2ccccc2)[C@H](c2ccccc2)[C@H](C(=O)c2ccccc2)C1. The second-order valence-electron chi connectivity index (χ2n) is 8.36. The molecule has 1 aliphatic rings. The van der Waals surface area contributed by atoms with Gasteiger partial charge in [-0.15, -0.1) is 0 Å². The highest BCUT2D eigenvalue weighted by molar-refractivity contribution is 6.02. The number of benzene rings is 3. The fourth-order valence-corrected chi connectivity index (χ4v) is 4.81. The summed E-state index contributed by atoms with van der Waals surface area (Å²) in [6.07, 6.45) is 0. The van der Waals surface area contributed by atoms with E-state index in [9.17, 15) is 9.59 Å². The average Bonchev–Trinajstić information content (AvgIpc) is 2.87. The third kappa shape index (κ3) is 4.87. The zero-order valence-corrected chi connectivity index (χ0v) is 18.4. The lowest BCUT2D eigenvalue weighted by Gasteiger charge is -2.43. The van der Waals surface area contributed by atoms with Crippen molar-refractivity contribution < 1.29 is 14.3 Å². The fraction of sp³-hybridized carbons (Fsp3) is 0.286. The van der Waals surface area contributed by atoms with Gasteiger partial charge in [-0.25, -0.2) is 0 Å². The molecule has 0 bridgehead atoms. The molecule has 4 heteroatoms. The van der Waals surface area contributed by atoms with E-state index in [1.807, 2.05) is 91.0 Å². The van der Waals surface area contributed by atoms with E-state index in [1.165, 1.54) is 0 Å². The highest BCUT2D eigenvalue weighted by atomic mass is 16.5. The molecule has 3 atom stereocenters. The van der Waals surface area contributed by atoms with Gasteiger partial charge in [-0.3, -0.25) is 14.5 Å². The van der Waals surface area contributed by atoms with Gasteiger partial charge in [0.05, 0.1) is 6.61 Å². The number of hydrogen-bond donors (Lipinski definition) is 0. The smallest absolute Gasteiger partial charge is 0.167 e. The lowest BCUT2D eigenvalue weighted by Crippen LogP contribution is -2.51. The summed E-state index contributed by atoms with van der Waals surface area (Å²) in [6, 6.07) is 28.9. The number of nitrogens with zero attached hydrogens (tertiary/aromatic N) is 1. The van der Waals surface area contributed by atoms with Crippen molar-refractivity contribution in [2.45, 2.75) is 5.92 Å². The highest BCUT2D eigenvalue weighted by Crippen LogP contribution is 2.40. The third-order valence-electron chi connectivity index (χ3n) is 6.36. The van der Waals surface area contributed by atoms with Crippen LogP contribution in [0.4, 0.5) is 0 Å². The van der Waals surface area contributed by atoms with Crippen molar-refractivity contribution in [3.8, 4) is 0 Å². The molecule has 0 N–H and O–H groups in total. The van der Waals surface area contributed by atoms with Crippen LogP contribution in [0.15, 0.2) is 91.0 Å². The number of ether oxygens (including phenoxy) is 1. The van der Waals surface area contributed by atoms with Crippen molar-refractivity contribution in [2.75, 3.05) is 33.4 Å². The quantitative estimate of drug-likeness (QED) is 0.488. The predicted octanol–water partition coefficient (Wildman–Crippen LogP) is 4.73. The molecular weight excluding hydrogens is 398 g/mol. The second-order valence-corrected chi connectivity index (χ2v) is 8.36. The summed E-state index contributed by atoms with van der Waals surface area (Å²) in [5, 5.41) is 0. The second kappa shape index (κ2) is 10.5. The largest absolute Gasteiger partial charge is 0.383 e. The van der Waals surface area contributed by atoms with Gasteiger partial charge in [-0.05, 0) is 5.56 Å². The minimum atomic E-state index is -0.317. The van der Waals surface area contributed by atoms with Gasteiger partial charge >= 0.3 is 0 Å². The maximum Gasteiger partial charge on any atom is 0.167 e. The Hall–Kier alpha value is -3.08. The van der Waals surface area contributed by atoms with E-state index < -0.39 is 0 Å². The molecular formula is C28H29NO3. The van der Waals surface area contributed by atoms with Crippen LogP contribution in [-0.2, 0) is 4.74 Å². The van der Waals surface area contributed by atoms with Crippen molar-refractivity contribution in [3.05, 3.63) is 108 Å². The van der Waals surface area contributed by atoms with E-state index in [2.05, 4.69) is 4.90 Å². The normalized spacial score (nSPS) is 21.2. The minimum Gasteiger partial charge on any atom is -0.383 e. The van der Waals surface area contributed by atoms with Crippen LogP contribution in [0.25, 0.3) is 0 Å². The van der Waals surface area contributed by atoms with Crippen LogP contribution in [-0.4, -0.2) is 49.8 Å². The molecule has 4 nitrogen and oxygen atoms in total. The van der Waals surface area contributed by atoms with Crippen LogP contribution in [0.2, 0.25) is 0 Å². The standard InChI is InChI=1S/C28H29NO3/c1-32-18-17-29-19-24(27(30)22-13-7-3-8-14-22)26(21-11-5-2-6-12-21)25(20-29)28(31)23-15-9-4-10-16-23/h2-16,24-26H,17-20H2,1H3/t24-,25+,26-. The maximum atomic E-state index is 13.7. The van der Waals surface area contributed by atoms with Gasteiger partial charge in [0, 0.05) is 55.6 Å². The lowest BCUT2D eigenvalue weighted by molar-refractivity contribution is 0.0498. The third-order valence-corrected chi connectivity index (χ3v) is 6.36. The molecule has 32 heavy (non-hydrogen) atoms. The van der Waals surface area contributed by atoms with Gasteiger partial charge in [-0.2, -0.15) is 0 Å². The van der Waals surface area contributed by atoms with E-state index in [0.717, 1.165) is 5.56 Å². The Morgan fingerprint density at radius 2 is 1.19 bits per heavy atom. The van der Waals surface area contributed by atoms with Crippen LogP contribution >= 0.6 is 0 Å². The van der Waals surface area contributed by atoms with Crippen LogP contribution in [0.3, 0.4) is 0 Å². The zero-order chi connectivity index (χ0) is 22.3. The summed E-state index contributed by atoms with van der Waals surface area (Å²) in [5.74, 6) is -0.638. The number of piperidine rings is 1. The molecule has 0 saturated carbocycles. The molecule has 0 spiro atoms. The van der Waals surface area contributed by atoms with E-state index >= 15 is 0 Å². The Morgan fingerprint density at radius 3 is 1.62 bits per heavy atom. The molecule has 4 rings (SSSR count). The Labute approximate surface area is 189 Å². The summed E-state index contributed by atoms with van der Waals surface area (Å²) in [6.45, 7) is 2.47. The van der Waals surface area contributed by atoms with E-state index in [1.54, 1.807) is 7.11 Å². The van der Waals surface area contributed by atoms with Gasteiger partial charge in [-0.1, -0.05) is 91.0 Å². The van der Waals surface area contributed by atoms with E-state index in [-0.39, 0.29) is 29.3 Å². The molecule has 1 aliphatic heterocycles. The Bertz CT molecular complexity index is 959. The van der Waals surface area contributed by atoms with Crippen LogP contribution in [0.1, 0.15) is 32.2 Å². The molecule has 3 aromatic carbocycles. The molecule has 1 heterocycles. The number of carbonyl (C=O) groups is 2. The van der Waals surface area contributed by atoms with Gasteiger partial charge in [0.15, 0.2) is 11.6 Å². The summed E-state index contributed by atoms with van der Waals surface area (Å²) in [4.78, 5) is 29.7. The summed E-state index contributed by atoms with van der Waals surface area (Å²) >= 11 is 0. The number of ketones is 2. The van der Waals surface area contributed by atoms with Gasteiger partial charge < -0.3 is 4.74 Å². The van der Waals surface area contributed by atoms with Crippen molar-refractivity contribution in [3.63, 3.8) is 0 Å². The average molecular weight is 428 g/mol. The number of likely N-dealkylation sites (tertiary alicyclic amines) is 1. The molecule has 0 amide bonds. The number of hydrogen-bond acceptors (Lipinski definition) is 4. The van der Waals surface area contributed by atoms with Gasteiger partial charge in [0.2, 0.25) is 0 Å². The molecule has 0 aromatic heterocycles. The van der Waals surface area contributed by atoms with Gasteiger partial charge in [0.25, 0.3) is 0 Å². The molecule has 3 aromatic rings.